The molecule has 1 fully saturated rings. The number of rotatable bonds is 4. The second-order valence-electron chi connectivity index (χ2n) is 6.12. The minimum Gasteiger partial charge on any atom is -0.391 e. The highest BCUT2D eigenvalue weighted by Gasteiger charge is 2.42. The molecule has 0 radical (unpaired) electrons. The molecule has 1 aliphatic heterocycles. The van der Waals surface area contributed by atoms with Gasteiger partial charge < -0.3 is 10.0 Å². The molecule has 1 aliphatic rings. The molecule has 23 heavy (non-hydrogen) atoms. The van der Waals surface area contributed by atoms with Crippen molar-refractivity contribution in [1.29, 1.82) is 0 Å². The third kappa shape index (κ3) is 3.41. The number of amides is 1. The number of carbonyl (C=O) groups excluding carboxylic acids is 1. The zero-order chi connectivity index (χ0) is 16.4. The first-order valence-corrected chi connectivity index (χ1v) is 8.17. The summed E-state index contributed by atoms with van der Waals surface area (Å²) in [6, 6.07) is 17.2. The van der Waals surface area contributed by atoms with E-state index in [-0.39, 0.29) is 17.9 Å². The summed E-state index contributed by atoms with van der Waals surface area (Å²) < 4.78 is 0. The first-order valence-electron chi connectivity index (χ1n) is 7.79. The fourth-order valence-electron chi connectivity index (χ4n) is 3.46. The van der Waals surface area contributed by atoms with Crippen LogP contribution in [0.3, 0.4) is 0 Å². The van der Waals surface area contributed by atoms with Gasteiger partial charge >= 0.3 is 0 Å². The number of hydrogen-bond donors (Lipinski definition) is 1. The van der Waals surface area contributed by atoms with Gasteiger partial charge in [0.05, 0.1) is 12.1 Å². The number of aliphatic hydroxyl groups is 1. The van der Waals surface area contributed by atoms with Crippen LogP contribution in [0.15, 0.2) is 54.6 Å². The van der Waals surface area contributed by atoms with Crippen LogP contribution in [0.5, 0.6) is 0 Å². The Morgan fingerprint density at radius 1 is 1.22 bits per heavy atom. The zero-order valence-electron chi connectivity index (χ0n) is 13.0. The van der Waals surface area contributed by atoms with E-state index >= 15 is 0 Å². The van der Waals surface area contributed by atoms with E-state index in [1.807, 2.05) is 54.6 Å². The van der Waals surface area contributed by atoms with E-state index < -0.39 is 6.10 Å². The van der Waals surface area contributed by atoms with E-state index in [1.54, 1.807) is 11.9 Å². The van der Waals surface area contributed by atoms with Crippen LogP contribution in [0, 0.1) is 0 Å². The van der Waals surface area contributed by atoms with E-state index in [0.29, 0.717) is 17.9 Å². The lowest BCUT2D eigenvalue weighted by Crippen LogP contribution is -2.42. The van der Waals surface area contributed by atoms with E-state index in [9.17, 15) is 9.90 Å². The molecule has 2 aromatic rings. The summed E-state index contributed by atoms with van der Waals surface area (Å²) >= 11 is 6.02. The minimum absolute atomic E-state index is 0.0166. The van der Waals surface area contributed by atoms with Crippen molar-refractivity contribution in [2.24, 2.45) is 0 Å². The van der Waals surface area contributed by atoms with Crippen molar-refractivity contribution in [3.05, 3.63) is 70.7 Å². The fraction of sp³-hybridized carbons (Fsp3) is 0.316. The van der Waals surface area contributed by atoms with Gasteiger partial charge in [-0.1, -0.05) is 54.1 Å². The summed E-state index contributed by atoms with van der Waals surface area (Å²) in [6.45, 7) is 0. The third-order valence-corrected chi connectivity index (χ3v) is 4.84. The number of halogens is 1. The Kier molecular flexibility index (Phi) is 4.69. The molecule has 2 aromatic carbocycles. The maximum absolute atomic E-state index is 12.2. The Morgan fingerprint density at radius 2 is 1.96 bits per heavy atom. The highest BCUT2D eigenvalue weighted by Crippen LogP contribution is 2.36. The Balaban J connectivity index is 1.84. The molecule has 0 unspecified atom stereocenters. The van der Waals surface area contributed by atoms with Crippen molar-refractivity contribution in [2.45, 2.75) is 30.9 Å². The Bertz CT molecular complexity index is 689. The van der Waals surface area contributed by atoms with Crippen LogP contribution in [-0.4, -0.2) is 35.1 Å². The van der Waals surface area contributed by atoms with Crippen molar-refractivity contribution < 1.29 is 9.90 Å². The van der Waals surface area contributed by atoms with Gasteiger partial charge in [0.15, 0.2) is 0 Å². The molecule has 3 nitrogen and oxygen atoms in total. The van der Waals surface area contributed by atoms with Gasteiger partial charge in [-0.3, -0.25) is 4.79 Å². The summed E-state index contributed by atoms with van der Waals surface area (Å²) in [5.41, 5.74) is 2.07. The average Bonchev–Trinajstić information content (AvgIpc) is 2.84. The summed E-state index contributed by atoms with van der Waals surface area (Å²) in [7, 11) is 1.77. The first kappa shape index (κ1) is 16.0. The summed E-state index contributed by atoms with van der Waals surface area (Å²) in [5, 5.41) is 11.4. The fourth-order valence-corrected chi connectivity index (χ4v) is 3.67. The molecule has 120 valence electrons. The Morgan fingerprint density at radius 3 is 2.65 bits per heavy atom. The van der Waals surface area contributed by atoms with Gasteiger partial charge in [-0.05, 0) is 23.3 Å². The number of benzene rings is 2. The molecule has 3 rings (SSSR count). The molecule has 4 heteroatoms. The number of carbonyl (C=O) groups is 1. The van der Waals surface area contributed by atoms with E-state index in [2.05, 4.69) is 0 Å². The molecule has 0 aliphatic carbocycles. The number of aliphatic hydroxyl groups excluding tert-OH is 1. The van der Waals surface area contributed by atoms with Crippen LogP contribution in [0.4, 0.5) is 0 Å². The number of nitrogens with zero attached hydrogens (tertiary/aromatic N) is 1. The summed E-state index contributed by atoms with van der Waals surface area (Å²) in [5.74, 6) is 0.0943. The lowest BCUT2D eigenvalue weighted by molar-refractivity contribution is -0.128. The Hall–Kier alpha value is -1.84. The van der Waals surface area contributed by atoms with E-state index in [0.717, 1.165) is 11.1 Å². The average molecular weight is 330 g/mol. The molecular weight excluding hydrogens is 310 g/mol. The van der Waals surface area contributed by atoms with Gasteiger partial charge in [0.2, 0.25) is 5.91 Å². The van der Waals surface area contributed by atoms with Gasteiger partial charge in [-0.2, -0.15) is 0 Å². The molecule has 1 heterocycles. The molecule has 0 saturated carbocycles. The molecule has 0 bridgehead atoms. The lowest BCUT2D eigenvalue weighted by atomic mass is 9.86. The van der Waals surface area contributed by atoms with Gasteiger partial charge in [0, 0.05) is 30.8 Å². The topological polar surface area (TPSA) is 40.5 Å². The molecular formula is C19H20ClNO2. The van der Waals surface area contributed by atoms with Crippen molar-refractivity contribution in [3.63, 3.8) is 0 Å². The summed E-state index contributed by atoms with van der Waals surface area (Å²) in [4.78, 5) is 13.9. The highest BCUT2D eigenvalue weighted by atomic mass is 35.5. The smallest absolute Gasteiger partial charge is 0.223 e. The van der Waals surface area contributed by atoms with Crippen molar-refractivity contribution in [3.8, 4) is 0 Å². The highest BCUT2D eigenvalue weighted by molar-refractivity contribution is 6.30. The van der Waals surface area contributed by atoms with Gasteiger partial charge in [-0.15, -0.1) is 0 Å². The molecule has 1 N–H and O–H groups in total. The number of likely N-dealkylation sites (N-methyl/N-ethyl adjacent to an activating group) is 1. The van der Waals surface area contributed by atoms with Gasteiger partial charge in [0.25, 0.3) is 0 Å². The molecule has 0 aromatic heterocycles. The van der Waals surface area contributed by atoms with Crippen molar-refractivity contribution in [1.82, 2.24) is 4.90 Å². The Labute approximate surface area is 141 Å². The monoisotopic (exact) mass is 329 g/mol. The number of hydrogen-bond acceptors (Lipinski definition) is 2. The van der Waals surface area contributed by atoms with Crippen LogP contribution in [0.25, 0.3) is 0 Å². The minimum atomic E-state index is -0.630. The van der Waals surface area contributed by atoms with Crippen molar-refractivity contribution >= 4 is 17.5 Å². The van der Waals surface area contributed by atoms with Crippen LogP contribution < -0.4 is 0 Å². The van der Waals surface area contributed by atoms with Crippen molar-refractivity contribution in [2.75, 3.05) is 7.05 Å². The van der Waals surface area contributed by atoms with Crippen LogP contribution >= 0.6 is 11.6 Å². The maximum Gasteiger partial charge on any atom is 0.223 e. The SMILES string of the molecule is CN1C(=O)C[C@H](c2ccccc2)[C@@H]1[C@@H](O)Cc1cccc(Cl)c1. The largest absolute Gasteiger partial charge is 0.391 e. The predicted molar refractivity (Wildman–Crippen MR) is 91.5 cm³/mol. The van der Waals surface area contributed by atoms with E-state index in [1.165, 1.54) is 0 Å². The second kappa shape index (κ2) is 6.73. The first-order chi connectivity index (χ1) is 11.1. The zero-order valence-corrected chi connectivity index (χ0v) is 13.8. The third-order valence-electron chi connectivity index (χ3n) is 4.60. The normalized spacial score (nSPS) is 22.4. The van der Waals surface area contributed by atoms with Crippen LogP contribution in [0.2, 0.25) is 5.02 Å². The molecule has 1 amide bonds. The molecule has 1 saturated heterocycles. The summed E-state index contributed by atoms with van der Waals surface area (Å²) in [6.07, 6.45) is 0.291. The standard InChI is InChI=1S/C19H20ClNO2/c1-21-18(23)12-16(14-7-3-2-4-8-14)19(21)17(22)11-13-6-5-9-15(20)10-13/h2-10,16-17,19,22H,11-12H2,1H3/t16-,17+,19-/m1/s1. The van der Waals surface area contributed by atoms with Crippen LogP contribution in [0.1, 0.15) is 23.5 Å². The van der Waals surface area contributed by atoms with Crippen LogP contribution in [-0.2, 0) is 11.2 Å². The second-order valence-corrected chi connectivity index (χ2v) is 6.55. The molecule has 0 spiro atoms. The maximum atomic E-state index is 12.2. The van der Waals surface area contributed by atoms with E-state index in [4.69, 9.17) is 11.6 Å². The predicted octanol–water partition coefficient (Wildman–Crippen LogP) is 3.26. The quantitative estimate of drug-likeness (QED) is 0.935. The molecule has 3 atom stereocenters. The van der Waals surface area contributed by atoms with Gasteiger partial charge in [-0.25, -0.2) is 0 Å². The van der Waals surface area contributed by atoms with Gasteiger partial charge in [0.1, 0.15) is 0 Å². The lowest BCUT2D eigenvalue weighted by Gasteiger charge is -2.30. The number of likely N-dealkylation sites (tertiary alicyclic amines) is 1.